The second-order valence-corrected chi connectivity index (χ2v) is 6.36. The first-order chi connectivity index (χ1) is 9.26. The molecule has 0 radical (unpaired) electrons. The van der Waals surface area contributed by atoms with Gasteiger partial charge in [0.1, 0.15) is 0 Å². The van der Waals surface area contributed by atoms with Crippen molar-refractivity contribution in [1.82, 2.24) is 5.32 Å². The van der Waals surface area contributed by atoms with Crippen molar-refractivity contribution in [3.63, 3.8) is 0 Å². The lowest BCUT2D eigenvalue weighted by molar-refractivity contribution is 0.113. The molecule has 0 aromatic carbocycles. The molecule has 2 nitrogen and oxygen atoms in total. The Labute approximate surface area is 120 Å². The minimum atomic E-state index is -0.0308. The van der Waals surface area contributed by atoms with Crippen LogP contribution in [0.25, 0.3) is 0 Å². The first kappa shape index (κ1) is 17.0. The van der Waals surface area contributed by atoms with Crippen LogP contribution in [0, 0.1) is 0 Å². The van der Waals surface area contributed by atoms with Crippen LogP contribution in [0.15, 0.2) is 0 Å². The third kappa shape index (κ3) is 7.94. The lowest BCUT2D eigenvalue weighted by Gasteiger charge is -2.30. The summed E-state index contributed by atoms with van der Waals surface area (Å²) in [6, 6.07) is 1.38. The zero-order valence-electron chi connectivity index (χ0n) is 13.2. The number of unbranched alkanes of at least 4 members (excludes halogenated alkanes) is 4. The Morgan fingerprint density at radius 3 is 1.89 bits per heavy atom. The number of hydrogen-bond donors (Lipinski definition) is 2. The van der Waals surface area contributed by atoms with E-state index in [1.165, 1.54) is 64.2 Å². The van der Waals surface area contributed by atoms with E-state index >= 15 is 0 Å². The SMILES string of the molecule is CCCCCC(CCCCC)NC1CCC(O)CC1. The van der Waals surface area contributed by atoms with E-state index in [0.29, 0.717) is 6.04 Å². The van der Waals surface area contributed by atoms with E-state index in [1.807, 2.05) is 0 Å². The molecule has 0 atom stereocenters. The molecule has 0 unspecified atom stereocenters. The average molecular weight is 269 g/mol. The van der Waals surface area contributed by atoms with E-state index in [9.17, 15) is 5.11 Å². The fraction of sp³-hybridized carbons (Fsp3) is 1.00. The summed E-state index contributed by atoms with van der Waals surface area (Å²) in [5.41, 5.74) is 0. The molecular weight excluding hydrogens is 234 g/mol. The zero-order valence-corrected chi connectivity index (χ0v) is 13.2. The Balaban J connectivity index is 2.25. The molecule has 0 saturated heterocycles. The largest absolute Gasteiger partial charge is 0.393 e. The molecule has 1 rings (SSSR count). The van der Waals surface area contributed by atoms with Crippen LogP contribution >= 0.6 is 0 Å². The minimum Gasteiger partial charge on any atom is -0.393 e. The Morgan fingerprint density at radius 2 is 1.42 bits per heavy atom. The first-order valence-electron chi connectivity index (χ1n) is 8.70. The van der Waals surface area contributed by atoms with Gasteiger partial charge >= 0.3 is 0 Å². The van der Waals surface area contributed by atoms with E-state index in [-0.39, 0.29) is 6.10 Å². The third-order valence-electron chi connectivity index (χ3n) is 4.48. The quantitative estimate of drug-likeness (QED) is 0.576. The van der Waals surface area contributed by atoms with Crippen molar-refractivity contribution in [2.45, 2.75) is 109 Å². The monoisotopic (exact) mass is 269 g/mol. The van der Waals surface area contributed by atoms with Crippen molar-refractivity contribution in [2.24, 2.45) is 0 Å². The van der Waals surface area contributed by atoms with E-state index in [2.05, 4.69) is 19.2 Å². The highest BCUT2D eigenvalue weighted by Crippen LogP contribution is 2.20. The fourth-order valence-corrected chi connectivity index (χ4v) is 3.17. The molecule has 0 aromatic rings. The maximum absolute atomic E-state index is 9.58. The van der Waals surface area contributed by atoms with Crippen LogP contribution in [0.1, 0.15) is 90.9 Å². The Kier molecular flexibility index (Phi) is 9.54. The van der Waals surface area contributed by atoms with Crippen molar-refractivity contribution < 1.29 is 5.11 Å². The van der Waals surface area contributed by atoms with Gasteiger partial charge in [0.15, 0.2) is 0 Å². The van der Waals surface area contributed by atoms with Crippen molar-refractivity contribution >= 4 is 0 Å². The Bertz CT molecular complexity index is 189. The van der Waals surface area contributed by atoms with E-state index in [1.54, 1.807) is 0 Å². The zero-order chi connectivity index (χ0) is 13.9. The van der Waals surface area contributed by atoms with Gasteiger partial charge in [-0.25, -0.2) is 0 Å². The molecule has 0 bridgehead atoms. The number of aliphatic hydroxyl groups excluding tert-OH is 1. The molecule has 0 heterocycles. The smallest absolute Gasteiger partial charge is 0.0541 e. The van der Waals surface area contributed by atoms with Crippen molar-refractivity contribution in [2.75, 3.05) is 0 Å². The molecule has 0 aromatic heterocycles. The lowest BCUT2D eigenvalue weighted by Crippen LogP contribution is -2.41. The first-order valence-corrected chi connectivity index (χ1v) is 8.70. The summed E-state index contributed by atoms with van der Waals surface area (Å²) in [5, 5.41) is 13.5. The molecule has 0 spiro atoms. The van der Waals surface area contributed by atoms with Gasteiger partial charge in [-0.2, -0.15) is 0 Å². The van der Waals surface area contributed by atoms with Crippen LogP contribution in [-0.2, 0) is 0 Å². The summed E-state index contributed by atoms with van der Waals surface area (Å²) in [6.45, 7) is 4.56. The summed E-state index contributed by atoms with van der Waals surface area (Å²) in [6.07, 6.45) is 15.1. The second-order valence-electron chi connectivity index (χ2n) is 6.36. The molecule has 1 fully saturated rings. The number of nitrogens with one attached hydrogen (secondary N) is 1. The molecule has 114 valence electrons. The van der Waals surface area contributed by atoms with Gasteiger partial charge in [0.2, 0.25) is 0 Å². The topological polar surface area (TPSA) is 32.3 Å². The van der Waals surface area contributed by atoms with Crippen LogP contribution in [0.5, 0.6) is 0 Å². The van der Waals surface area contributed by atoms with Gasteiger partial charge < -0.3 is 10.4 Å². The van der Waals surface area contributed by atoms with Crippen LogP contribution in [0.2, 0.25) is 0 Å². The van der Waals surface area contributed by atoms with Crippen LogP contribution < -0.4 is 5.32 Å². The van der Waals surface area contributed by atoms with Crippen LogP contribution in [0.3, 0.4) is 0 Å². The number of hydrogen-bond acceptors (Lipinski definition) is 2. The van der Waals surface area contributed by atoms with Crippen molar-refractivity contribution in [3.8, 4) is 0 Å². The molecule has 2 N–H and O–H groups in total. The van der Waals surface area contributed by atoms with Gasteiger partial charge in [-0.1, -0.05) is 52.4 Å². The molecule has 1 saturated carbocycles. The van der Waals surface area contributed by atoms with Crippen LogP contribution in [0.4, 0.5) is 0 Å². The Hall–Kier alpha value is -0.0800. The summed E-state index contributed by atoms with van der Waals surface area (Å²) >= 11 is 0. The van der Waals surface area contributed by atoms with Gasteiger partial charge in [-0.3, -0.25) is 0 Å². The fourth-order valence-electron chi connectivity index (χ4n) is 3.17. The van der Waals surface area contributed by atoms with Gasteiger partial charge in [0, 0.05) is 12.1 Å². The standard InChI is InChI=1S/C17H35NO/c1-3-5-7-9-15(10-8-6-4-2)18-16-11-13-17(19)14-12-16/h15-19H,3-14H2,1-2H3. The van der Waals surface area contributed by atoms with E-state index in [4.69, 9.17) is 0 Å². The highest BCUT2D eigenvalue weighted by molar-refractivity contribution is 4.80. The highest BCUT2D eigenvalue weighted by atomic mass is 16.3. The molecule has 2 heteroatoms. The number of rotatable bonds is 10. The average Bonchev–Trinajstić information content (AvgIpc) is 2.41. The van der Waals surface area contributed by atoms with Crippen LogP contribution in [-0.4, -0.2) is 23.3 Å². The summed E-state index contributed by atoms with van der Waals surface area (Å²) in [4.78, 5) is 0. The normalized spacial score (nSPS) is 24.0. The van der Waals surface area contributed by atoms with Gasteiger partial charge in [0.05, 0.1) is 6.10 Å². The molecule has 0 aliphatic heterocycles. The molecule has 1 aliphatic rings. The summed E-state index contributed by atoms with van der Waals surface area (Å²) in [7, 11) is 0. The van der Waals surface area contributed by atoms with Crippen molar-refractivity contribution in [1.29, 1.82) is 0 Å². The molecule has 1 aliphatic carbocycles. The molecule has 19 heavy (non-hydrogen) atoms. The van der Waals surface area contributed by atoms with E-state index in [0.717, 1.165) is 18.9 Å². The predicted molar refractivity (Wildman–Crippen MR) is 83.5 cm³/mol. The maximum Gasteiger partial charge on any atom is 0.0541 e. The number of aliphatic hydroxyl groups is 1. The van der Waals surface area contributed by atoms with E-state index < -0.39 is 0 Å². The van der Waals surface area contributed by atoms with Gasteiger partial charge in [-0.05, 0) is 38.5 Å². The summed E-state index contributed by atoms with van der Waals surface area (Å²) in [5.74, 6) is 0. The summed E-state index contributed by atoms with van der Waals surface area (Å²) < 4.78 is 0. The third-order valence-corrected chi connectivity index (χ3v) is 4.48. The predicted octanol–water partition coefficient (Wildman–Crippen LogP) is 4.41. The highest BCUT2D eigenvalue weighted by Gasteiger charge is 2.21. The van der Waals surface area contributed by atoms with Crippen molar-refractivity contribution in [3.05, 3.63) is 0 Å². The molecule has 0 amide bonds. The second kappa shape index (κ2) is 10.7. The maximum atomic E-state index is 9.58. The lowest BCUT2D eigenvalue weighted by atomic mass is 9.91. The Morgan fingerprint density at radius 1 is 0.895 bits per heavy atom. The van der Waals surface area contributed by atoms with Gasteiger partial charge in [-0.15, -0.1) is 0 Å². The minimum absolute atomic E-state index is 0.0308. The molecular formula is C17H35NO. The van der Waals surface area contributed by atoms with Gasteiger partial charge in [0.25, 0.3) is 0 Å².